The van der Waals surface area contributed by atoms with Crippen molar-refractivity contribution in [2.24, 2.45) is 0 Å². The third-order valence-electron chi connectivity index (χ3n) is 2.72. The summed E-state index contributed by atoms with van der Waals surface area (Å²) in [6.45, 7) is 2.71. The first-order valence-electron chi connectivity index (χ1n) is 5.73. The van der Waals surface area contributed by atoms with Crippen LogP contribution in [-0.2, 0) is 6.54 Å². The Hall–Kier alpha value is -1.26. The number of benzene rings is 1. The average molecular weight is 309 g/mol. The minimum absolute atomic E-state index is 0.0969. The van der Waals surface area contributed by atoms with Crippen molar-refractivity contribution in [2.75, 3.05) is 0 Å². The van der Waals surface area contributed by atoms with Crippen LogP contribution in [0.5, 0.6) is 0 Å². The van der Waals surface area contributed by atoms with E-state index in [-0.39, 0.29) is 11.9 Å². The Kier molecular flexibility index (Phi) is 4.44. The fraction of sp³-hybridized carbons (Fsp3) is 0.214. The van der Waals surface area contributed by atoms with Crippen LogP contribution in [0.25, 0.3) is 0 Å². The van der Waals surface area contributed by atoms with Gasteiger partial charge in [0.1, 0.15) is 5.82 Å². The van der Waals surface area contributed by atoms with Gasteiger partial charge in [-0.15, -0.1) is 0 Å². The van der Waals surface area contributed by atoms with Crippen molar-refractivity contribution in [1.82, 2.24) is 10.3 Å². The lowest BCUT2D eigenvalue weighted by molar-refractivity contribution is 0.564. The van der Waals surface area contributed by atoms with Crippen LogP contribution < -0.4 is 5.32 Å². The molecule has 1 aromatic heterocycles. The molecule has 2 rings (SSSR count). The lowest BCUT2D eigenvalue weighted by Crippen LogP contribution is -2.18. The van der Waals surface area contributed by atoms with Gasteiger partial charge in [0.15, 0.2) is 0 Å². The van der Waals surface area contributed by atoms with E-state index in [4.69, 9.17) is 0 Å². The molecule has 18 heavy (non-hydrogen) atoms. The highest BCUT2D eigenvalue weighted by atomic mass is 79.9. The summed E-state index contributed by atoms with van der Waals surface area (Å²) in [6, 6.07) is 8.76. The van der Waals surface area contributed by atoms with Crippen LogP contribution in [0.1, 0.15) is 24.1 Å². The molecule has 0 aliphatic rings. The topological polar surface area (TPSA) is 24.9 Å². The largest absolute Gasteiger partial charge is 0.306 e. The zero-order valence-electron chi connectivity index (χ0n) is 10.0. The van der Waals surface area contributed by atoms with E-state index in [9.17, 15) is 4.39 Å². The van der Waals surface area contributed by atoms with Crippen LogP contribution in [-0.4, -0.2) is 4.98 Å². The van der Waals surface area contributed by atoms with E-state index in [2.05, 4.69) is 26.2 Å². The smallest absolute Gasteiger partial charge is 0.123 e. The second-order valence-corrected chi connectivity index (χ2v) is 5.08. The second-order valence-electron chi connectivity index (χ2n) is 4.17. The summed E-state index contributed by atoms with van der Waals surface area (Å²) in [4.78, 5) is 4.10. The molecule has 1 atom stereocenters. The number of aromatic nitrogens is 1. The summed E-state index contributed by atoms with van der Waals surface area (Å²) in [5.41, 5.74) is 2.03. The van der Waals surface area contributed by atoms with E-state index in [0.29, 0.717) is 6.54 Å². The summed E-state index contributed by atoms with van der Waals surface area (Å²) in [7, 11) is 0. The molecule has 0 bridgehead atoms. The quantitative estimate of drug-likeness (QED) is 0.928. The summed E-state index contributed by atoms with van der Waals surface area (Å²) >= 11 is 3.38. The maximum atomic E-state index is 13.1. The highest BCUT2D eigenvalue weighted by molar-refractivity contribution is 9.10. The van der Waals surface area contributed by atoms with Gasteiger partial charge in [-0.2, -0.15) is 0 Å². The van der Waals surface area contributed by atoms with Gasteiger partial charge in [-0.25, -0.2) is 4.39 Å². The molecular weight excluding hydrogens is 295 g/mol. The first-order chi connectivity index (χ1) is 8.65. The Morgan fingerprint density at radius 1 is 1.33 bits per heavy atom. The summed E-state index contributed by atoms with van der Waals surface area (Å²) < 4.78 is 14.1. The van der Waals surface area contributed by atoms with E-state index in [0.717, 1.165) is 15.6 Å². The van der Waals surface area contributed by atoms with E-state index >= 15 is 0 Å². The molecule has 0 amide bonds. The van der Waals surface area contributed by atoms with E-state index in [1.165, 1.54) is 6.07 Å². The monoisotopic (exact) mass is 308 g/mol. The van der Waals surface area contributed by atoms with Crippen molar-refractivity contribution in [3.8, 4) is 0 Å². The molecule has 1 N–H and O–H groups in total. The molecule has 0 saturated carbocycles. The fourth-order valence-electron chi connectivity index (χ4n) is 1.72. The Labute approximate surface area is 114 Å². The van der Waals surface area contributed by atoms with Crippen LogP contribution >= 0.6 is 15.9 Å². The summed E-state index contributed by atoms with van der Waals surface area (Å²) in [5, 5.41) is 3.34. The second kappa shape index (κ2) is 6.07. The Bertz CT molecular complexity index is 531. The molecule has 0 aliphatic carbocycles. The molecule has 94 valence electrons. The summed E-state index contributed by atoms with van der Waals surface area (Å²) in [6.07, 6.45) is 3.57. The van der Waals surface area contributed by atoms with Gasteiger partial charge in [-0.3, -0.25) is 4.98 Å². The molecular formula is C14H14BrFN2. The molecule has 0 spiro atoms. The van der Waals surface area contributed by atoms with Crippen LogP contribution in [0.4, 0.5) is 4.39 Å². The minimum Gasteiger partial charge on any atom is -0.306 e. The number of nitrogens with zero attached hydrogens (tertiary/aromatic N) is 1. The molecule has 1 aromatic carbocycles. The molecule has 4 heteroatoms. The number of pyridine rings is 1. The number of halogens is 2. The third kappa shape index (κ3) is 3.62. The number of hydrogen-bond acceptors (Lipinski definition) is 2. The van der Waals surface area contributed by atoms with Crippen molar-refractivity contribution in [3.63, 3.8) is 0 Å². The fourth-order valence-corrected chi connectivity index (χ4v) is 2.13. The number of rotatable bonds is 4. The van der Waals surface area contributed by atoms with E-state index in [1.54, 1.807) is 18.3 Å². The zero-order chi connectivity index (χ0) is 13.0. The Morgan fingerprint density at radius 2 is 2.17 bits per heavy atom. The molecule has 0 radical (unpaired) electrons. The van der Waals surface area contributed by atoms with Crippen molar-refractivity contribution < 1.29 is 4.39 Å². The van der Waals surface area contributed by atoms with Gasteiger partial charge in [0.2, 0.25) is 0 Å². The first-order valence-corrected chi connectivity index (χ1v) is 6.53. The highest BCUT2D eigenvalue weighted by Gasteiger charge is 2.05. The first kappa shape index (κ1) is 13.2. The SMILES string of the molecule is C[C@@H](NCc1cncc(Br)c1)c1cccc(F)c1. The van der Waals surface area contributed by atoms with Gasteiger partial charge >= 0.3 is 0 Å². The zero-order valence-corrected chi connectivity index (χ0v) is 11.6. The highest BCUT2D eigenvalue weighted by Crippen LogP contribution is 2.15. The van der Waals surface area contributed by atoms with Gasteiger partial charge < -0.3 is 5.32 Å². The van der Waals surface area contributed by atoms with Crippen molar-refractivity contribution in [1.29, 1.82) is 0 Å². The molecule has 0 aliphatic heterocycles. The molecule has 0 unspecified atom stereocenters. The van der Waals surface area contributed by atoms with Gasteiger partial charge in [-0.1, -0.05) is 12.1 Å². The average Bonchev–Trinajstić information content (AvgIpc) is 2.36. The predicted octanol–water partition coefficient (Wildman–Crippen LogP) is 3.83. The van der Waals surface area contributed by atoms with Gasteiger partial charge in [0.25, 0.3) is 0 Å². The van der Waals surface area contributed by atoms with Crippen molar-refractivity contribution in [3.05, 3.63) is 64.1 Å². The van der Waals surface area contributed by atoms with Gasteiger partial charge in [-0.05, 0) is 52.2 Å². The van der Waals surface area contributed by atoms with Crippen molar-refractivity contribution >= 4 is 15.9 Å². The van der Waals surface area contributed by atoms with Crippen LogP contribution in [0.3, 0.4) is 0 Å². The maximum absolute atomic E-state index is 13.1. The molecule has 1 heterocycles. The lowest BCUT2D eigenvalue weighted by atomic mass is 10.1. The maximum Gasteiger partial charge on any atom is 0.123 e. The number of hydrogen-bond donors (Lipinski definition) is 1. The van der Waals surface area contributed by atoms with Gasteiger partial charge in [0, 0.05) is 29.5 Å². The Morgan fingerprint density at radius 3 is 2.89 bits per heavy atom. The lowest BCUT2D eigenvalue weighted by Gasteiger charge is -2.14. The molecule has 0 fully saturated rings. The minimum atomic E-state index is -0.203. The van der Waals surface area contributed by atoms with E-state index < -0.39 is 0 Å². The molecule has 2 nitrogen and oxygen atoms in total. The molecule has 2 aromatic rings. The Balaban J connectivity index is 1.98. The third-order valence-corrected chi connectivity index (χ3v) is 3.16. The van der Waals surface area contributed by atoms with Crippen LogP contribution in [0, 0.1) is 5.82 Å². The van der Waals surface area contributed by atoms with Crippen LogP contribution in [0.15, 0.2) is 47.2 Å². The standard InChI is InChI=1S/C14H14BrFN2/c1-10(12-3-2-4-14(16)6-12)18-8-11-5-13(15)9-17-7-11/h2-7,9-10,18H,8H2,1H3/t10-/m1/s1. The normalized spacial score (nSPS) is 12.4. The van der Waals surface area contributed by atoms with Gasteiger partial charge in [0.05, 0.1) is 0 Å². The summed E-state index contributed by atoms with van der Waals surface area (Å²) in [5.74, 6) is -0.203. The molecule has 0 saturated heterocycles. The number of nitrogens with one attached hydrogen (secondary N) is 1. The van der Waals surface area contributed by atoms with Crippen LogP contribution in [0.2, 0.25) is 0 Å². The van der Waals surface area contributed by atoms with Crippen molar-refractivity contribution in [2.45, 2.75) is 19.5 Å². The van der Waals surface area contributed by atoms with E-state index in [1.807, 2.05) is 25.3 Å². The predicted molar refractivity (Wildman–Crippen MR) is 73.6 cm³/mol.